The Morgan fingerprint density at radius 1 is 1.29 bits per heavy atom. The maximum absolute atomic E-state index is 11.5. The van der Waals surface area contributed by atoms with Crippen LogP contribution in [-0.2, 0) is 11.2 Å². The molecule has 2 nitrogen and oxygen atoms in total. The molecule has 0 aliphatic carbocycles. The van der Waals surface area contributed by atoms with Gasteiger partial charge in [-0.2, -0.15) is 0 Å². The van der Waals surface area contributed by atoms with Crippen LogP contribution in [0.5, 0.6) is 0 Å². The number of halogens is 1. The van der Waals surface area contributed by atoms with Crippen LogP contribution in [0.3, 0.4) is 0 Å². The van der Waals surface area contributed by atoms with E-state index in [1.54, 1.807) is 12.1 Å². The lowest BCUT2D eigenvalue weighted by Crippen LogP contribution is -2.26. The monoisotopic (exact) mass is 249 g/mol. The molecule has 0 radical (unpaired) electrons. The van der Waals surface area contributed by atoms with E-state index in [0.717, 1.165) is 24.8 Å². The van der Waals surface area contributed by atoms with Crippen molar-refractivity contribution < 1.29 is 4.79 Å². The maximum Gasteiger partial charge on any atom is 0.224 e. The fourth-order valence-corrected chi connectivity index (χ4v) is 1.56. The highest BCUT2D eigenvalue weighted by Crippen LogP contribution is 2.09. The van der Waals surface area contributed by atoms with E-state index in [4.69, 9.17) is 18.0 Å². The molecule has 0 heterocycles. The fourth-order valence-electron chi connectivity index (χ4n) is 1.43. The average Bonchev–Trinajstić information content (AvgIpc) is 2.32. The lowest BCUT2D eigenvalue weighted by Gasteiger charge is -2.04. The van der Waals surface area contributed by atoms with Gasteiger partial charge in [0.1, 0.15) is 0 Å². The summed E-state index contributed by atoms with van der Waals surface area (Å²) in [6.07, 6.45) is 8.19. The van der Waals surface area contributed by atoms with Gasteiger partial charge < -0.3 is 5.32 Å². The Labute approximate surface area is 107 Å². The zero-order chi connectivity index (χ0) is 12.5. The highest BCUT2D eigenvalue weighted by atomic mass is 35.5. The first-order chi connectivity index (χ1) is 8.22. The molecule has 0 unspecified atom stereocenters. The molecule has 17 heavy (non-hydrogen) atoms. The van der Waals surface area contributed by atoms with Crippen molar-refractivity contribution in [2.45, 2.75) is 25.7 Å². The van der Waals surface area contributed by atoms with Crippen LogP contribution in [0.1, 0.15) is 24.8 Å². The molecular formula is C14H16ClNO. The van der Waals surface area contributed by atoms with Gasteiger partial charge in [0.25, 0.3) is 0 Å². The standard InChI is InChI=1S/C14H16ClNO/c1-2-3-4-5-10-16-14(17)11-12-6-8-13(15)9-7-12/h1,6-9H,3-5,10-11H2,(H,16,17). The Kier molecular flexibility index (Phi) is 6.21. The number of carbonyl (C=O) groups is 1. The van der Waals surface area contributed by atoms with Crippen LogP contribution in [0.4, 0.5) is 0 Å². The third-order valence-electron chi connectivity index (χ3n) is 2.35. The maximum atomic E-state index is 11.5. The summed E-state index contributed by atoms with van der Waals surface area (Å²) in [7, 11) is 0. The minimum Gasteiger partial charge on any atom is -0.356 e. The number of unbranched alkanes of at least 4 members (excludes halogenated alkanes) is 2. The molecule has 0 atom stereocenters. The largest absolute Gasteiger partial charge is 0.356 e. The minimum absolute atomic E-state index is 0.0352. The zero-order valence-corrected chi connectivity index (χ0v) is 10.5. The molecule has 0 aliphatic rings. The van der Waals surface area contributed by atoms with Crippen LogP contribution < -0.4 is 5.32 Å². The Morgan fingerprint density at radius 3 is 2.65 bits per heavy atom. The summed E-state index contributed by atoms with van der Waals surface area (Å²) < 4.78 is 0. The predicted molar refractivity (Wildman–Crippen MR) is 70.8 cm³/mol. The molecule has 90 valence electrons. The van der Waals surface area contributed by atoms with Crippen LogP contribution in [0, 0.1) is 12.3 Å². The van der Waals surface area contributed by atoms with Crippen molar-refractivity contribution in [3.05, 3.63) is 34.9 Å². The zero-order valence-electron chi connectivity index (χ0n) is 9.71. The van der Waals surface area contributed by atoms with Crippen molar-refractivity contribution in [1.82, 2.24) is 5.32 Å². The van der Waals surface area contributed by atoms with Gasteiger partial charge in [-0.15, -0.1) is 12.3 Å². The van der Waals surface area contributed by atoms with Crippen molar-refractivity contribution >= 4 is 17.5 Å². The molecule has 1 aromatic rings. The van der Waals surface area contributed by atoms with Gasteiger partial charge in [-0.3, -0.25) is 4.79 Å². The molecule has 0 bridgehead atoms. The van der Waals surface area contributed by atoms with Crippen LogP contribution in [0.15, 0.2) is 24.3 Å². The van der Waals surface area contributed by atoms with Gasteiger partial charge >= 0.3 is 0 Å². The second kappa shape index (κ2) is 7.76. The number of hydrogen-bond acceptors (Lipinski definition) is 1. The first-order valence-corrected chi connectivity index (χ1v) is 6.05. The van der Waals surface area contributed by atoms with E-state index in [1.165, 1.54) is 0 Å². The van der Waals surface area contributed by atoms with E-state index >= 15 is 0 Å². The molecule has 1 rings (SSSR count). The van der Waals surface area contributed by atoms with Gasteiger partial charge in [0.05, 0.1) is 6.42 Å². The van der Waals surface area contributed by atoms with Crippen molar-refractivity contribution in [2.24, 2.45) is 0 Å². The highest BCUT2D eigenvalue weighted by molar-refractivity contribution is 6.30. The summed E-state index contributed by atoms with van der Waals surface area (Å²) in [4.78, 5) is 11.5. The highest BCUT2D eigenvalue weighted by Gasteiger charge is 2.02. The SMILES string of the molecule is C#CCCCCNC(=O)Cc1ccc(Cl)cc1. The third kappa shape index (κ3) is 5.99. The number of hydrogen-bond donors (Lipinski definition) is 1. The molecule has 0 spiro atoms. The Bertz CT molecular complexity index is 392. The number of benzene rings is 1. The smallest absolute Gasteiger partial charge is 0.224 e. The predicted octanol–water partition coefficient (Wildman–Crippen LogP) is 2.80. The van der Waals surface area contributed by atoms with Gasteiger partial charge in [0, 0.05) is 18.0 Å². The van der Waals surface area contributed by atoms with E-state index in [1.807, 2.05) is 12.1 Å². The number of carbonyl (C=O) groups excluding carboxylic acids is 1. The number of rotatable bonds is 6. The van der Waals surface area contributed by atoms with Crippen LogP contribution >= 0.6 is 11.6 Å². The second-order valence-electron chi connectivity index (χ2n) is 3.81. The first-order valence-electron chi connectivity index (χ1n) is 5.67. The summed E-state index contributed by atoms with van der Waals surface area (Å²) in [5, 5.41) is 3.55. The molecule has 0 aliphatic heterocycles. The Hall–Kier alpha value is -1.46. The number of nitrogens with one attached hydrogen (secondary N) is 1. The van der Waals surface area contributed by atoms with Crippen LogP contribution in [0.2, 0.25) is 5.02 Å². The molecule has 1 amide bonds. The second-order valence-corrected chi connectivity index (χ2v) is 4.25. The number of terminal acetylenes is 1. The summed E-state index contributed by atoms with van der Waals surface area (Å²) >= 11 is 5.76. The lowest BCUT2D eigenvalue weighted by atomic mass is 10.1. The molecule has 3 heteroatoms. The summed E-state index contributed by atoms with van der Waals surface area (Å²) in [5.74, 6) is 2.61. The van der Waals surface area contributed by atoms with Gasteiger partial charge in [0.2, 0.25) is 5.91 Å². The molecule has 0 fully saturated rings. The summed E-state index contributed by atoms with van der Waals surface area (Å²) in [6.45, 7) is 0.689. The van der Waals surface area contributed by atoms with E-state index in [2.05, 4.69) is 11.2 Å². The summed E-state index contributed by atoms with van der Waals surface area (Å²) in [5.41, 5.74) is 0.968. The topological polar surface area (TPSA) is 29.1 Å². The molecule has 1 N–H and O–H groups in total. The number of amides is 1. The molecular weight excluding hydrogens is 234 g/mol. The van der Waals surface area contributed by atoms with Crippen molar-refractivity contribution in [3.8, 4) is 12.3 Å². The summed E-state index contributed by atoms with van der Waals surface area (Å²) in [6, 6.07) is 7.30. The van der Waals surface area contributed by atoms with Gasteiger partial charge in [-0.1, -0.05) is 23.7 Å². The van der Waals surface area contributed by atoms with Gasteiger partial charge in [-0.25, -0.2) is 0 Å². The van der Waals surface area contributed by atoms with Crippen molar-refractivity contribution in [2.75, 3.05) is 6.54 Å². The van der Waals surface area contributed by atoms with E-state index in [9.17, 15) is 4.79 Å². The van der Waals surface area contributed by atoms with Crippen LogP contribution in [0.25, 0.3) is 0 Å². The molecule has 0 saturated carbocycles. The Morgan fingerprint density at radius 2 is 2.00 bits per heavy atom. The van der Waals surface area contributed by atoms with E-state index in [0.29, 0.717) is 18.0 Å². The molecule has 1 aromatic carbocycles. The first kappa shape index (κ1) is 13.6. The third-order valence-corrected chi connectivity index (χ3v) is 2.60. The molecule has 0 aromatic heterocycles. The quantitative estimate of drug-likeness (QED) is 0.610. The molecule has 0 saturated heterocycles. The van der Waals surface area contributed by atoms with E-state index in [-0.39, 0.29) is 5.91 Å². The van der Waals surface area contributed by atoms with Crippen molar-refractivity contribution in [1.29, 1.82) is 0 Å². The lowest BCUT2D eigenvalue weighted by molar-refractivity contribution is -0.120. The fraction of sp³-hybridized carbons (Fsp3) is 0.357. The minimum atomic E-state index is 0.0352. The van der Waals surface area contributed by atoms with Crippen molar-refractivity contribution in [3.63, 3.8) is 0 Å². The van der Waals surface area contributed by atoms with Crippen LogP contribution in [-0.4, -0.2) is 12.5 Å². The van der Waals surface area contributed by atoms with Gasteiger partial charge in [0.15, 0.2) is 0 Å². The Balaban J connectivity index is 2.21. The van der Waals surface area contributed by atoms with Gasteiger partial charge in [-0.05, 0) is 30.5 Å². The van der Waals surface area contributed by atoms with E-state index < -0.39 is 0 Å². The average molecular weight is 250 g/mol. The normalized spacial score (nSPS) is 9.65.